The van der Waals surface area contributed by atoms with Crippen molar-refractivity contribution in [2.75, 3.05) is 13.9 Å². The standard InChI is InChI=1S/C12H9NO6/c1-16-8-4-11-10(17-5-18-11)2-6(8)9-3-7(12(14)15)13-19-9/h2-4H,5H2,1H3,(H,14,15). The summed E-state index contributed by atoms with van der Waals surface area (Å²) in [5.74, 6) is 0.724. The summed E-state index contributed by atoms with van der Waals surface area (Å²) in [6.07, 6.45) is 0. The predicted octanol–water partition coefficient (Wildman–Crippen LogP) is 1.78. The molecule has 1 aromatic heterocycles. The van der Waals surface area contributed by atoms with Crippen LogP contribution in [0.2, 0.25) is 0 Å². The summed E-state index contributed by atoms with van der Waals surface area (Å²) in [7, 11) is 1.50. The van der Waals surface area contributed by atoms with Gasteiger partial charge in [-0.3, -0.25) is 0 Å². The lowest BCUT2D eigenvalue weighted by Crippen LogP contribution is -1.94. The molecule has 0 spiro atoms. The van der Waals surface area contributed by atoms with Crippen LogP contribution in [0.1, 0.15) is 10.5 Å². The molecule has 0 saturated carbocycles. The Morgan fingerprint density at radius 3 is 2.68 bits per heavy atom. The molecule has 0 bridgehead atoms. The van der Waals surface area contributed by atoms with E-state index < -0.39 is 5.97 Å². The Labute approximate surface area is 107 Å². The van der Waals surface area contributed by atoms with Gasteiger partial charge in [0.15, 0.2) is 23.0 Å². The Morgan fingerprint density at radius 2 is 2.05 bits per heavy atom. The molecule has 0 amide bonds. The van der Waals surface area contributed by atoms with Crippen LogP contribution in [-0.4, -0.2) is 30.1 Å². The average molecular weight is 263 g/mol. The summed E-state index contributed by atoms with van der Waals surface area (Å²) in [4.78, 5) is 10.8. The third-order valence-electron chi connectivity index (χ3n) is 2.69. The zero-order valence-electron chi connectivity index (χ0n) is 9.87. The van der Waals surface area contributed by atoms with Gasteiger partial charge in [0, 0.05) is 12.1 Å². The Morgan fingerprint density at radius 1 is 1.32 bits per heavy atom. The molecular weight excluding hydrogens is 254 g/mol. The van der Waals surface area contributed by atoms with E-state index in [0.29, 0.717) is 22.8 Å². The van der Waals surface area contributed by atoms with Crippen LogP contribution in [-0.2, 0) is 0 Å². The van der Waals surface area contributed by atoms with Gasteiger partial charge < -0.3 is 23.8 Å². The normalized spacial score (nSPS) is 12.5. The quantitative estimate of drug-likeness (QED) is 0.902. The van der Waals surface area contributed by atoms with Gasteiger partial charge in [-0.05, 0) is 6.07 Å². The van der Waals surface area contributed by atoms with E-state index in [1.54, 1.807) is 12.1 Å². The number of hydrogen-bond donors (Lipinski definition) is 1. The summed E-state index contributed by atoms with van der Waals surface area (Å²) >= 11 is 0. The first-order valence-corrected chi connectivity index (χ1v) is 5.37. The number of aromatic nitrogens is 1. The van der Waals surface area contributed by atoms with Crippen LogP contribution >= 0.6 is 0 Å². The number of ether oxygens (including phenoxy) is 3. The van der Waals surface area contributed by atoms with Crippen molar-refractivity contribution in [3.05, 3.63) is 23.9 Å². The fourth-order valence-electron chi connectivity index (χ4n) is 1.79. The number of carboxylic acids is 1. The number of nitrogens with zero attached hydrogens (tertiary/aromatic N) is 1. The van der Waals surface area contributed by atoms with Crippen molar-refractivity contribution in [1.82, 2.24) is 5.16 Å². The average Bonchev–Trinajstić information content (AvgIpc) is 3.05. The van der Waals surface area contributed by atoms with Gasteiger partial charge in [-0.1, -0.05) is 5.16 Å². The highest BCUT2D eigenvalue weighted by Gasteiger charge is 2.22. The number of fused-ring (bicyclic) bond motifs is 1. The summed E-state index contributed by atoms with van der Waals surface area (Å²) < 4.78 is 20.7. The van der Waals surface area contributed by atoms with Crippen molar-refractivity contribution in [3.8, 4) is 28.6 Å². The Bertz CT molecular complexity index is 648. The van der Waals surface area contributed by atoms with E-state index in [2.05, 4.69) is 5.16 Å². The minimum Gasteiger partial charge on any atom is -0.496 e. The third-order valence-corrected chi connectivity index (χ3v) is 2.69. The lowest BCUT2D eigenvalue weighted by atomic mass is 10.1. The van der Waals surface area contributed by atoms with Crippen molar-refractivity contribution >= 4 is 5.97 Å². The first-order chi connectivity index (χ1) is 9.19. The highest BCUT2D eigenvalue weighted by atomic mass is 16.7. The zero-order valence-corrected chi connectivity index (χ0v) is 9.87. The molecular formula is C12H9NO6. The SMILES string of the molecule is COc1cc2c(cc1-c1cc(C(=O)O)no1)OCO2. The molecule has 7 heteroatoms. The van der Waals surface area contributed by atoms with Gasteiger partial charge in [-0.2, -0.15) is 0 Å². The second-order valence-corrected chi connectivity index (χ2v) is 3.79. The van der Waals surface area contributed by atoms with E-state index in [9.17, 15) is 4.79 Å². The highest BCUT2D eigenvalue weighted by Crippen LogP contribution is 2.42. The summed E-state index contributed by atoms with van der Waals surface area (Å²) in [6, 6.07) is 4.64. The molecule has 0 aliphatic carbocycles. The number of carbonyl (C=O) groups is 1. The van der Waals surface area contributed by atoms with E-state index in [1.807, 2.05) is 0 Å². The van der Waals surface area contributed by atoms with Crippen molar-refractivity contribution in [2.45, 2.75) is 0 Å². The second kappa shape index (κ2) is 4.20. The van der Waals surface area contributed by atoms with Gasteiger partial charge in [-0.25, -0.2) is 4.79 Å². The van der Waals surface area contributed by atoms with Crippen LogP contribution in [0.3, 0.4) is 0 Å². The van der Waals surface area contributed by atoms with Crippen LogP contribution in [0.15, 0.2) is 22.7 Å². The molecule has 1 aliphatic heterocycles. The molecule has 0 atom stereocenters. The second-order valence-electron chi connectivity index (χ2n) is 3.79. The summed E-state index contributed by atoms with van der Waals surface area (Å²) in [5.41, 5.74) is 0.376. The fourth-order valence-corrected chi connectivity index (χ4v) is 1.79. The molecule has 0 radical (unpaired) electrons. The van der Waals surface area contributed by atoms with Crippen LogP contribution < -0.4 is 14.2 Å². The van der Waals surface area contributed by atoms with E-state index in [4.69, 9.17) is 23.8 Å². The fraction of sp³-hybridized carbons (Fsp3) is 0.167. The van der Waals surface area contributed by atoms with Crippen molar-refractivity contribution in [2.24, 2.45) is 0 Å². The van der Waals surface area contributed by atoms with Crippen LogP contribution in [0.5, 0.6) is 17.2 Å². The van der Waals surface area contributed by atoms with Gasteiger partial charge in [0.1, 0.15) is 5.75 Å². The number of methoxy groups -OCH3 is 1. The first kappa shape index (κ1) is 11.4. The maximum absolute atomic E-state index is 10.8. The molecule has 7 nitrogen and oxygen atoms in total. The maximum Gasteiger partial charge on any atom is 0.358 e. The monoisotopic (exact) mass is 263 g/mol. The third kappa shape index (κ3) is 1.85. The van der Waals surface area contributed by atoms with Crippen LogP contribution in [0, 0.1) is 0 Å². The van der Waals surface area contributed by atoms with Crippen molar-refractivity contribution in [1.29, 1.82) is 0 Å². The molecule has 1 N–H and O–H groups in total. The smallest absolute Gasteiger partial charge is 0.358 e. The highest BCUT2D eigenvalue weighted by molar-refractivity contribution is 5.87. The first-order valence-electron chi connectivity index (χ1n) is 5.37. The molecule has 2 heterocycles. The Hall–Kier alpha value is -2.70. The topological polar surface area (TPSA) is 91.0 Å². The number of hydrogen-bond acceptors (Lipinski definition) is 6. The molecule has 19 heavy (non-hydrogen) atoms. The minimum atomic E-state index is -1.16. The van der Waals surface area contributed by atoms with E-state index in [0.717, 1.165) is 0 Å². The summed E-state index contributed by atoms with van der Waals surface area (Å²) in [5, 5.41) is 12.3. The van der Waals surface area contributed by atoms with Gasteiger partial charge >= 0.3 is 5.97 Å². The van der Waals surface area contributed by atoms with Gasteiger partial charge in [0.2, 0.25) is 6.79 Å². The van der Waals surface area contributed by atoms with Gasteiger partial charge in [0.25, 0.3) is 0 Å². The minimum absolute atomic E-state index is 0.138. The molecule has 0 saturated heterocycles. The Balaban J connectivity index is 2.10. The Kier molecular flexibility index (Phi) is 2.52. The predicted molar refractivity (Wildman–Crippen MR) is 61.6 cm³/mol. The number of aromatic carboxylic acids is 1. The number of rotatable bonds is 3. The molecule has 98 valence electrons. The number of benzene rings is 1. The van der Waals surface area contributed by atoms with E-state index in [-0.39, 0.29) is 18.2 Å². The lowest BCUT2D eigenvalue weighted by molar-refractivity contribution is 0.0686. The van der Waals surface area contributed by atoms with Crippen LogP contribution in [0.25, 0.3) is 11.3 Å². The van der Waals surface area contributed by atoms with Crippen LogP contribution in [0.4, 0.5) is 0 Å². The molecule has 0 unspecified atom stereocenters. The lowest BCUT2D eigenvalue weighted by Gasteiger charge is -2.06. The van der Waals surface area contributed by atoms with Crippen molar-refractivity contribution < 1.29 is 28.6 Å². The molecule has 1 aromatic carbocycles. The molecule has 0 fully saturated rings. The van der Waals surface area contributed by atoms with E-state index >= 15 is 0 Å². The molecule has 3 rings (SSSR count). The van der Waals surface area contributed by atoms with Gasteiger partial charge in [0.05, 0.1) is 12.7 Å². The van der Waals surface area contributed by atoms with Gasteiger partial charge in [-0.15, -0.1) is 0 Å². The molecule has 2 aromatic rings. The number of carboxylic acid groups (broad SMARTS) is 1. The zero-order chi connectivity index (χ0) is 13.4. The van der Waals surface area contributed by atoms with E-state index in [1.165, 1.54) is 13.2 Å². The molecule has 1 aliphatic rings. The van der Waals surface area contributed by atoms with Crippen molar-refractivity contribution in [3.63, 3.8) is 0 Å². The largest absolute Gasteiger partial charge is 0.496 e. The summed E-state index contributed by atoms with van der Waals surface area (Å²) in [6.45, 7) is 0.138. The maximum atomic E-state index is 10.8.